The number of thiocarbonyl (C=S) groups is 1. The first-order valence-electron chi connectivity index (χ1n) is 11.2. The molecule has 8 heteroatoms. The van der Waals surface area contributed by atoms with E-state index in [-0.39, 0.29) is 12.1 Å². The van der Waals surface area contributed by atoms with Gasteiger partial charge in [0.2, 0.25) is 0 Å². The van der Waals surface area contributed by atoms with E-state index in [0.717, 1.165) is 44.2 Å². The fourth-order valence-corrected chi connectivity index (χ4v) is 5.62. The van der Waals surface area contributed by atoms with Crippen molar-refractivity contribution in [3.8, 4) is 11.4 Å². The molecule has 1 aliphatic heterocycles. The summed E-state index contributed by atoms with van der Waals surface area (Å²) in [4.78, 5) is 6.85. The molecule has 178 valence electrons. The van der Waals surface area contributed by atoms with Crippen LogP contribution in [-0.4, -0.2) is 21.8 Å². The highest BCUT2D eigenvalue weighted by Crippen LogP contribution is 2.44. The molecular formula is C27H24BrClN4OS. The van der Waals surface area contributed by atoms with Gasteiger partial charge in [0.25, 0.3) is 0 Å². The highest BCUT2D eigenvalue weighted by molar-refractivity contribution is 9.10. The van der Waals surface area contributed by atoms with Crippen molar-refractivity contribution in [2.45, 2.75) is 25.9 Å². The zero-order chi connectivity index (χ0) is 24.7. The predicted molar refractivity (Wildman–Crippen MR) is 149 cm³/mol. The summed E-state index contributed by atoms with van der Waals surface area (Å²) in [5, 5.41) is 4.86. The second kappa shape index (κ2) is 9.64. The average Bonchev–Trinajstić information content (AvgIpc) is 3.35. The SMILES string of the molecule is COc1ccc(Cl)cc1-n1c(C)cc(C2C(c3ccccn3)NC(=S)N2c2ccc(Br)cc2)c1C. The smallest absolute Gasteiger partial charge is 0.174 e. The second-order valence-corrected chi connectivity index (χ2v) is 10.2. The van der Waals surface area contributed by atoms with Crippen molar-refractivity contribution >= 4 is 50.5 Å². The van der Waals surface area contributed by atoms with E-state index in [0.29, 0.717) is 10.1 Å². The first-order valence-corrected chi connectivity index (χ1v) is 12.8. The van der Waals surface area contributed by atoms with Crippen molar-refractivity contribution in [3.63, 3.8) is 0 Å². The van der Waals surface area contributed by atoms with Crippen LogP contribution in [-0.2, 0) is 0 Å². The van der Waals surface area contributed by atoms with Crippen LogP contribution in [0.3, 0.4) is 0 Å². The van der Waals surface area contributed by atoms with Gasteiger partial charge in [0.1, 0.15) is 5.75 Å². The van der Waals surface area contributed by atoms with E-state index in [9.17, 15) is 0 Å². The Morgan fingerprint density at radius 3 is 2.51 bits per heavy atom. The molecule has 0 saturated carbocycles. The van der Waals surface area contributed by atoms with E-state index in [1.807, 2.05) is 54.7 Å². The average molecular weight is 568 g/mol. The van der Waals surface area contributed by atoms with Gasteiger partial charge in [-0.1, -0.05) is 33.6 Å². The molecule has 1 saturated heterocycles. The lowest BCUT2D eigenvalue weighted by molar-refractivity contribution is 0.412. The van der Waals surface area contributed by atoms with Crippen LogP contribution in [0.4, 0.5) is 5.69 Å². The third-order valence-corrected chi connectivity index (χ3v) is 7.45. The fourth-order valence-electron chi connectivity index (χ4n) is 4.85. The van der Waals surface area contributed by atoms with Gasteiger partial charge < -0.3 is 19.5 Å². The van der Waals surface area contributed by atoms with Crippen LogP contribution in [0.15, 0.2) is 77.4 Å². The number of nitrogens with one attached hydrogen (secondary N) is 1. The van der Waals surface area contributed by atoms with Gasteiger partial charge in [-0.3, -0.25) is 4.98 Å². The molecule has 5 nitrogen and oxygen atoms in total. The number of ether oxygens (including phenoxy) is 1. The summed E-state index contributed by atoms with van der Waals surface area (Å²) in [6.07, 6.45) is 1.82. The number of halogens is 2. The lowest BCUT2D eigenvalue weighted by Gasteiger charge is -2.28. The molecule has 0 spiro atoms. The summed E-state index contributed by atoms with van der Waals surface area (Å²) in [5.74, 6) is 0.758. The number of methoxy groups -OCH3 is 1. The minimum Gasteiger partial charge on any atom is -0.495 e. The molecule has 1 aliphatic rings. The maximum absolute atomic E-state index is 6.38. The van der Waals surface area contributed by atoms with E-state index in [4.69, 9.17) is 28.6 Å². The Morgan fingerprint density at radius 1 is 1.06 bits per heavy atom. The summed E-state index contributed by atoms with van der Waals surface area (Å²) in [6, 6.07) is 21.8. The molecule has 35 heavy (non-hydrogen) atoms. The number of hydrogen-bond acceptors (Lipinski definition) is 3. The molecule has 0 radical (unpaired) electrons. The van der Waals surface area contributed by atoms with Crippen LogP contribution in [0.5, 0.6) is 5.75 Å². The Labute approximate surface area is 223 Å². The van der Waals surface area contributed by atoms with E-state index in [1.54, 1.807) is 7.11 Å². The van der Waals surface area contributed by atoms with Gasteiger partial charge in [0, 0.05) is 32.8 Å². The Kier molecular flexibility index (Phi) is 6.57. The van der Waals surface area contributed by atoms with E-state index >= 15 is 0 Å². The minimum atomic E-state index is -0.123. The third kappa shape index (κ3) is 4.33. The Balaban J connectivity index is 1.70. The quantitative estimate of drug-likeness (QED) is 0.261. The molecule has 5 rings (SSSR count). The molecule has 3 heterocycles. The molecule has 1 fully saturated rings. The normalized spacial score (nSPS) is 17.5. The van der Waals surface area contributed by atoms with Crippen LogP contribution in [0.1, 0.15) is 34.7 Å². The Bertz CT molecular complexity index is 1390. The number of aromatic nitrogens is 2. The van der Waals surface area contributed by atoms with Crippen molar-refractivity contribution in [2.75, 3.05) is 12.0 Å². The lowest BCUT2D eigenvalue weighted by Crippen LogP contribution is -2.29. The van der Waals surface area contributed by atoms with E-state index in [2.05, 4.69) is 67.7 Å². The van der Waals surface area contributed by atoms with Crippen LogP contribution < -0.4 is 15.0 Å². The zero-order valence-corrected chi connectivity index (χ0v) is 22.7. The van der Waals surface area contributed by atoms with E-state index in [1.165, 1.54) is 0 Å². The maximum Gasteiger partial charge on any atom is 0.174 e. The molecular weight excluding hydrogens is 544 g/mol. The van der Waals surface area contributed by atoms with Gasteiger partial charge in [-0.2, -0.15) is 0 Å². The largest absolute Gasteiger partial charge is 0.495 e. The highest BCUT2D eigenvalue weighted by atomic mass is 79.9. The second-order valence-electron chi connectivity index (χ2n) is 8.45. The zero-order valence-electron chi connectivity index (χ0n) is 19.5. The van der Waals surface area contributed by atoms with Crippen molar-refractivity contribution in [2.24, 2.45) is 0 Å². The highest BCUT2D eigenvalue weighted by Gasteiger charge is 2.42. The van der Waals surface area contributed by atoms with Gasteiger partial charge in [0.15, 0.2) is 5.11 Å². The number of benzene rings is 2. The molecule has 0 aliphatic carbocycles. The van der Waals surface area contributed by atoms with Gasteiger partial charge in [-0.15, -0.1) is 0 Å². The molecule has 1 N–H and O–H groups in total. The minimum absolute atomic E-state index is 0.108. The predicted octanol–water partition coefficient (Wildman–Crippen LogP) is 7.09. The number of hydrogen-bond donors (Lipinski definition) is 1. The number of anilines is 1. The molecule has 2 aromatic carbocycles. The van der Waals surface area contributed by atoms with Gasteiger partial charge in [-0.05, 0) is 92.3 Å². The summed E-state index contributed by atoms with van der Waals surface area (Å²) in [6.45, 7) is 4.22. The van der Waals surface area contributed by atoms with Gasteiger partial charge in [0.05, 0.1) is 30.6 Å². The van der Waals surface area contributed by atoms with Gasteiger partial charge in [-0.25, -0.2) is 0 Å². The van der Waals surface area contributed by atoms with Crippen molar-refractivity contribution in [1.82, 2.24) is 14.9 Å². The summed E-state index contributed by atoms with van der Waals surface area (Å²) >= 11 is 15.8. The van der Waals surface area contributed by atoms with Crippen LogP contribution in [0.25, 0.3) is 5.69 Å². The van der Waals surface area contributed by atoms with Crippen LogP contribution in [0.2, 0.25) is 5.02 Å². The van der Waals surface area contributed by atoms with Crippen LogP contribution in [0, 0.1) is 13.8 Å². The summed E-state index contributed by atoms with van der Waals surface area (Å²) < 4.78 is 8.88. The van der Waals surface area contributed by atoms with Crippen LogP contribution >= 0.6 is 39.7 Å². The van der Waals surface area contributed by atoms with E-state index < -0.39 is 0 Å². The molecule has 0 amide bonds. The molecule has 2 aromatic heterocycles. The number of rotatable bonds is 5. The Hall–Kier alpha value is -2.87. The number of pyridine rings is 1. The van der Waals surface area contributed by atoms with Gasteiger partial charge >= 0.3 is 0 Å². The van der Waals surface area contributed by atoms with Crippen molar-refractivity contribution in [3.05, 3.63) is 105 Å². The standard InChI is InChI=1S/C27H24BrClN4OS/c1-16-14-21(17(2)32(16)23-15-19(29)9-12-24(23)34-3)26-25(22-6-4-5-13-30-22)31-27(35)33(26)20-10-7-18(28)8-11-20/h4-15,25-26H,1-3H3,(H,31,35). The third-order valence-electron chi connectivity index (χ3n) is 6.37. The Morgan fingerprint density at radius 2 is 1.83 bits per heavy atom. The van der Waals surface area contributed by atoms with Crippen molar-refractivity contribution < 1.29 is 4.74 Å². The maximum atomic E-state index is 6.38. The lowest BCUT2D eigenvalue weighted by atomic mass is 9.96. The molecule has 0 bridgehead atoms. The monoisotopic (exact) mass is 566 g/mol. The first-order chi connectivity index (χ1) is 16.9. The van der Waals surface area contributed by atoms with Crippen molar-refractivity contribution in [1.29, 1.82) is 0 Å². The first kappa shape index (κ1) is 23.9. The summed E-state index contributed by atoms with van der Waals surface area (Å²) in [5.41, 5.74) is 6.16. The number of aryl methyl sites for hydroxylation is 1. The molecule has 2 unspecified atom stereocenters. The molecule has 4 aromatic rings. The number of nitrogens with zero attached hydrogens (tertiary/aromatic N) is 3. The topological polar surface area (TPSA) is 42.3 Å². The summed E-state index contributed by atoms with van der Waals surface area (Å²) in [7, 11) is 1.67. The fraction of sp³-hybridized carbons (Fsp3) is 0.185. The molecule has 2 atom stereocenters.